The van der Waals surface area contributed by atoms with Crippen LogP contribution >= 0.6 is 23.2 Å². The summed E-state index contributed by atoms with van der Waals surface area (Å²) in [5.74, 6) is 4.01. The lowest BCUT2D eigenvalue weighted by atomic mass is 9.77. The van der Waals surface area contributed by atoms with Gasteiger partial charge in [0.25, 0.3) is 0 Å². The highest BCUT2D eigenvalue weighted by atomic mass is 35.5. The topological polar surface area (TPSA) is 0 Å². The fraction of sp³-hybridized carbons (Fsp3) is 1.00. The Bertz CT molecular complexity index is 117. The molecule has 0 aliphatic heterocycles. The molecule has 72 valence electrons. The summed E-state index contributed by atoms with van der Waals surface area (Å²) in [5, 5.41) is 0. The van der Waals surface area contributed by atoms with E-state index in [0.717, 1.165) is 23.6 Å². The van der Waals surface area contributed by atoms with E-state index in [-0.39, 0.29) is 0 Å². The molecule has 0 aromatic carbocycles. The summed E-state index contributed by atoms with van der Waals surface area (Å²) in [5.41, 5.74) is 0. The van der Waals surface area contributed by atoms with Crippen LogP contribution in [0.15, 0.2) is 0 Å². The lowest BCUT2D eigenvalue weighted by Gasteiger charge is -2.30. The average Bonchev–Trinajstić information content (AvgIpc) is 2.17. The number of halogens is 2. The van der Waals surface area contributed by atoms with Gasteiger partial charge < -0.3 is 0 Å². The molecule has 0 N–H and O–H groups in total. The van der Waals surface area contributed by atoms with Crippen LogP contribution in [0, 0.1) is 17.8 Å². The summed E-state index contributed by atoms with van der Waals surface area (Å²) in [6.45, 7) is 2.26. The van der Waals surface area contributed by atoms with E-state index in [1.54, 1.807) is 0 Å². The predicted octanol–water partition coefficient (Wildman–Crippen LogP) is 3.91. The van der Waals surface area contributed by atoms with Crippen molar-refractivity contribution in [1.29, 1.82) is 0 Å². The van der Waals surface area contributed by atoms with E-state index in [0.29, 0.717) is 5.92 Å². The highest BCUT2D eigenvalue weighted by Crippen LogP contribution is 2.34. The minimum absolute atomic E-state index is 0.697. The summed E-state index contributed by atoms with van der Waals surface area (Å²) < 4.78 is 0. The van der Waals surface area contributed by atoms with Gasteiger partial charge in [-0.3, -0.25) is 0 Å². The minimum Gasteiger partial charge on any atom is -0.126 e. The van der Waals surface area contributed by atoms with Gasteiger partial charge in [0.05, 0.1) is 0 Å². The minimum atomic E-state index is 0.697. The van der Waals surface area contributed by atoms with Crippen molar-refractivity contribution in [3.63, 3.8) is 0 Å². The maximum absolute atomic E-state index is 5.83. The molecule has 1 aliphatic rings. The molecule has 1 saturated carbocycles. The zero-order valence-corrected chi connectivity index (χ0v) is 9.24. The van der Waals surface area contributed by atoms with Crippen molar-refractivity contribution >= 4 is 23.2 Å². The summed E-state index contributed by atoms with van der Waals surface area (Å²) in [6, 6.07) is 0. The molecule has 2 heteroatoms. The molecule has 0 aromatic rings. The van der Waals surface area contributed by atoms with E-state index < -0.39 is 0 Å². The van der Waals surface area contributed by atoms with Crippen LogP contribution in [0.4, 0.5) is 0 Å². The van der Waals surface area contributed by atoms with E-state index in [1.165, 1.54) is 25.7 Å². The van der Waals surface area contributed by atoms with Crippen LogP contribution in [0.1, 0.15) is 32.6 Å². The average molecular weight is 209 g/mol. The second-order valence-corrected chi connectivity index (χ2v) is 4.68. The molecule has 12 heavy (non-hydrogen) atoms. The van der Waals surface area contributed by atoms with Crippen LogP contribution in [-0.2, 0) is 0 Å². The van der Waals surface area contributed by atoms with Crippen molar-refractivity contribution in [3.8, 4) is 0 Å². The monoisotopic (exact) mass is 208 g/mol. The first kappa shape index (κ1) is 10.7. The highest BCUT2D eigenvalue weighted by Gasteiger charge is 2.23. The largest absolute Gasteiger partial charge is 0.126 e. The third-order valence-corrected chi connectivity index (χ3v) is 4.08. The number of alkyl halides is 2. The smallest absolute Gasteiger partial charge is 0.0251 e. The molecule has 0 saturated heterocycles. The molecular formula is C10H18Cl2. The second-order valence-electron chi connectivity index (χ2n) is 4.07. The van der Waals surface area contributed by atoms with E-state index in [1.807, 2.05) is 0 Å². The molecule has 0 heterocycles. The number of hydrogen-bond donors (Lipinski definition) is 0. The van der Waals surface area contributed by atoms with Crippen LogP contribution in [0.25, 0.3) is 0 Å². The molecule has 0 bridgehead atoms. The Morgan fingerprint density at radius 3 is 2.17 bits per heavy atom. The van der Waals surface area contributed by atoms with Gasteiger partial charge in [0.15, 0.2) is 0 Å². The van der Waals surface area contributed by atoms with Crippen molar-refractivity contribution < 1.29 is 0 Å². The van der Waals surface area contributed by atoms with Gasteiger partial charge in [0.1, 0.15) is 0 Å². The summed E-state index contributed by atoms with van der Waals surface area (Å²) in [4.78, 5) is 0. The maximum atomic E-state index is 5.83. The number of hydrogen-bond acceptors (Lipinski definition) is 0. The molecular weight excluding hydrogens is 191 g/mol. The normalized spacial score (nSPS) is 33.2. The Morgan fingerprint density at radius 2 is 1.75 bits per heavy atom. The van der Waals surface area contributed by atoms with Crippen LogP contribution < -0.4 is 0 Å². The van der Waals surface area contributed by atoms with Gasteiger partial charge in [-0.05, 0) is 43.4 Å². The molecule has 0 nitrogen and oxygen atoms in total. The predicted molar refractivity (Wildman–Crippen MR) is 56.1 cm³/mol. The molecule has 1 fully saturated rings. The van der Waals surface area contributed by atoms with Gasteiger partial charge in [0, 0.05) is 11.8 Å². The quantitative estimate of drug-likeness (QED) is 0.618. The third kappa shape index (κ3) is 2.81. The molecule has 1 aliphatic carbocycles. The van der Waals surface area contributed by atoms with E-state index >= 15 is 0 Å². The Balaban J connectivity index is 2.25. The maximum Gasteiger partial charge on any atom is 0.0251 e. The Morgan fingerprint density at radius 1 is 1.17 bits per heavy atom. The summed E-state index contributed by atoms with van der Waals surface area (Å²) in [6.07, 6.45) is 5.31. The van der Waals surface area contributed by atoms with Crippen LogP contribution in [0.2, 0.25) is 0 Å². The van der Waals surface area contributed by atoms with Gasteiger partial charge >= 0.3 is 0 Å². The lowest BCUT2D eigenvalue weighted by molar-refractivity contribution is 0.238. The molecule has 1 atom stereocenters. The Hall–Kier alpha value is 0.580. The van der Waals surface area contributed by atoms with Crippen molar-refractivity contribution in [3.05, 3.63) is 0 Å². The molecule has 1 unspecified atom stereocenters. The van der Waals surface area contributed by atoms with Crippen molar-refractivity contribution in [2.24, 2.45) is 17.8 Å². The molecule has 1 rings (SSSR count). The van der Waals surface area contributed by atoms with Crippen LogP contribution in [0.5, 0.6) is 0 Å². The van der Waals surface area contributed by atoms with Gasteiger partial charge in [0.2, 0.25) is 0 Å². The van der Waals surface area contributed by atoms with Crippen molar-refractivity contribution in [2.75, 3.05) is 11.8 Å². The summed E-state index contributed by atoms with van der Waals surface area (Å²) in [7, 11) is 0. The van der Waals surface area contributed by atoms with E-state index in [4.69, 9.17) is 23.2 Å². The molecule has 0 radical (unpaired) electrons. The van der Waals surface area contributed by atoms with Crippen LogP contribution in [-0.4, -0.2) is 11.8 Å². The summed E-state index contributed by atoms with van der Waals surface area (Å²) >= 11 is 11.6. The van der Waals surface area contributed by atoms with Crippen LogP contribution in [0.3, 0.4) is 0 Å². The SMILES string of the molecule is CC(CCl)C1CCC(CCl)CC1. The van der Waals surface area contributed by atoms with Gasteiger partial charge in [-0.2, -0.15) is 0 Å². The fourth-order valence-corrected chi connectivity index (χ4v) is 2.60. The zero-order valence-electron chi connectivity index (χ0n) is 7.73. The second kappa shape index (κ2) is 5.34. The first-order valence-corrected chi connectivity index (χ1v) is 5.96. The highest BCUT2D eigenvalue weighted by molar-refractivity contribution is 6.18. The molecule has 0 amide bonds. The van der Waals surface area contributed by atoms with Gasteiger partial charge in [-0.25, -0.2) is 0 Å². The van der Waals surface area contributed by atoms with Gasteiger partial charge in [-0.1, -0.05) is 6.92 Å². The van der Waals surface area contributed by atoms with E-state index in [2.05, 4.69) is 6.92 Å². The first-order chi connectivity index (χ1) is 5.77. The Labute approximate surface area is 85.6 Å². The number of rotatable bonds is 3. The van der Waals surface area contributed by atoms with E-state index in [9.17, 15) is 0 Å². The lowest BCUT2D eigenvalue weighted by Crippen LogP contribution is -2.21. The third-order valence-electron chi connectivity index (χ3n) is 3.16. The van der Waals surface area contributed by atoms with Gasteiger partial charge in [-0.15, -0.1) is 23.2 Å². The first-order valence-electron chi connectivity index (χ1n) is 4.89. The Kier molecular flexibility index (Phi) is 4.74. The molecule has 0 spiro atoms. The fourth-order valence-electron chi connectivity index (χ4n) is 2.04. The standard InChI is InChI=1S/C10H18Cl2/c1-8(6-11)10-4-2-9(7-12)3-5-10/h8-10H,2-7H2,1H3. The zero-order chi connectivity index (χ0) is 8.97. The van der Waals surface area contributed by atoms with Crippen molar-refractivity contribution in [1.82, 2.24) is 0 Å². The molecule has 0 aromatic heterocycles. The van der Waals surface area contributed by atoms with Crippen molar-refractivity contribution in [2.45, 2.75) is 32.6 Å².